The fourth-order valence-corrected chi connectivity index (χ4v) is 0.861. The zero-order valence-corrected chi connectivity index (χ0v) is 6.98. The van der Waals surface area contributed by atoms with Crippen LogP contribution in [-0.4, -0.2) is 23.9 Å². The van der Waals surface area contributed by atoms with Gasteiger partial charge in [0.1, 0.15) is 10.7 Å². The molecule has 0 saturated heterocycles. The van der Waals surface area contributed by atoms with E-state index >= 15 is 0 Å². The van der Waals surface area contributed by atoms with Gasteiger partial charge < -0.3 is 9.32 Å². The maximum atomic E-state index is 10.2. The zero-order chi connectivity index (χ0) is 9.14. The molecule has 0 fully saturated rings. The van der Waals surface area contributed by atoms with E-state index in [1.54, 1.807) is 6.07 Å². The third-order valence-corrected chi connectivity index (χ3v) is 1.30. The Hall–Kier alpha value is -1.36. The van der Waals surface area contributed by atoms with E-state index in [9.17, 15) is 10.1 Å². The van der Waals surface area contributed by atoms with Crippen LogP contribution in [0.3, 0.4) is 0 Å². The number of hydrogen-bond donors (Lipinski definition) is 0. The quantitative estimate of drug-likeness (QED) is 0.506. The van der Waals surface area contributed by atoms with Gasteiger partial charge in [0.15, 0.2) is 0 Å². The van der Waals surface area contributed by atoms with E-state index < -0.39 is 4.92 Å². The van der Waals surface area contributed by atoms with Gasteiger partial charge in [-0.15, -0.1) is 0 Å². The average Bonchev–Trinajstić information content (AvgIpc) is 2.34. The molecule has 0 aromatic carbocycles. The average molecular weight is 170 g/mol. The molecule has 0 bridgehead atoms. The molecule has 0 aliphatic rings. The van der Waals surface area contributed by atoms with E-state index in [4.69, 9.17) is 4.42 Å². The van der Waals surface area contributed by atoms with E-state index in [-0.39, 0.29) is 5.88 Å². The molecule has 1 heterocycles. The molecule has 0 N–H and O–H groups in total. The van der Waals surface area contributed by atoms with Gasteiger partial charge in [-0.3, -0.25) is 10.1 Å². The molecule has 0 aliphatic carbocycles. The summed E-state index contributed by atoms with van der Waals surface area (Å²) in [6.45, 7) is 0.577. The molecule has 5 nitrogen and oxygen atoms in total. The van der Waals surface area contributed by atoms with Gasteiger partial charge in [-0.1, -0.05) is 0 Å². The van der Waals surface area contributed by atoms with Gasteiger partial charge in [-0.25, -0.2) is 0 Å². The van der Waals surface area contributed by atoms with Crippen molar-refractivity contribution in [2.45, 2.75) is 6.54 Å². The molecule has 0 saturated carbocycles. The Morgan fingerprint density at radius 2 is 2.25 bits per heavy atom. The molecule has 1 rings (SSSR count). The fraction of sp³-hybridized carbons (Fsp3) is 0.429. The van der Waals surface area contributed by atoms with Crippen molar-refractivity contribution in [2.75, 3.05) is 14.1 Å². The number of rotatable bonds is 3. The molecule has 0 radical (unpaired) electrons. The standard InChI is InChI=1S/C7H10N2O3/c1-8(2)5-6-3-4-7(12-6)9(10)11/h3-4H,5H2,1-2H3. The van der Waals surface area contributed by atoms with E-state index in [0.29, 0.717) is 12.3 Å². The third kappa shape index (κ3) is 2.06. The molecule has 0 spiro atoms. The lowest BCUT2D eigenvalue weighted by atomic mass is 10.4. The normalized spacial score (nSPS) is 10.6. The molecule has 0 unspecified atom stereocenters. The number of nitrogens with zero attached hydrogens (tertiary/aromatic N) is 2. The second-order valence-electron chi connectivity index (χ2n) is 2.73. The summed E-state index contributed by atoms with van der Waals surface area (Å²) < 4.78 is 4.92. The summed E-state index contributed by atoms with van der Waals surface area (Å²) in [7, 11) is 3.74. The second-order valence-corrected chi connectivity index (χ2v) is 2.73. The van der Waals surface area contributed by atoms with Crippen molar-refractivity contribution in [2.24, 2.45) is 0 Å². The first-order valence-electron chi connectivity index (χ1n) is 3.47. The Bertz CT molecular complexity index is 280. The maximum absolute atomic E-state index is 10.2. The molecule has 12 heavy (non-hydrogen) atoms. The Labute approximate surface area is 69.7 Å². The maximum Gasteiger partial charge on any atom is 0.433 e. The summed E-state index contributed by atoms with van der Waals surface area (Å²) in [5.74, 6) is 0.401. The summed E-state index contributed by atoms with van der Waals surface area (Å²) in [5.41, 5.74) is 0. The fourth-order valence-electron chi connectivity index (χ4n) is 0.861. The molecule has 66 valence electrons. The van der Waals surface area contributed by atoms with E-state index in [1.807, 2.05) is 19.0 Å². The minimum atomic E-state index is -0.542. The molecule has 0 aliphatic heterocycles. The van der Waals surface area contributed by atoms with Crippen LogP contribution in [0.15, 0.2) is 16.5 Å². The van der Waals surface area contributed by atoms with Crippen molar-refractivity contribution >= 4 is 5.88 Å². The summed E-state index contributed by atoms with van der Waals surface area (Å²) in [6, 6.07) is 2.97. The molecular weight excluding hydrogens is 160 g/mol. The smallest absolute Gasteiger partial charge is 0.404 e. The van der Waals surface area contributed by atoms with Crippen LogP contribution in [0.2, 0.25) is 0 Å². The zero-order valence-electron chi connectivity index (χ0n) is 6.98. The predicted molar refractivity (Wildman–Crippen MR) is 42.8 cm³/mol. The number of nitro groups is 1. The Balaban J connectivity index is 2.71. The van der Waals surface area contributed by atoms with Crippen molar-refractivity contribution < 1.29 is 9.34 Å². The highest BCUT2D eigenvalue weighted by Crippen LogP contribution is 2.15. The van der Waals surface area contributed by atoms with E-state index in [0.717, 1.165) is 0 Å². The highest BCUT2D eigenvalue weighted by atomic mass is 16.6. The van der Waals surface area contributed by atoms with Crippen LogP contribution in [0, 0.1) is 10.1 Å². The summed E-state index contributed by atoms with van der Waals surface area (Å²) in [6.07, 6.45) is 0. The molecule has 0 atom stereocenters. The molecular formula is C7H10N2O3. The molecule has 0 amide bonds. The first-order chi connectivity index (χ1) is 5.59. The van der Waals surface area contributed by atoms with Gasteiger partial charge in [0.05, 0.1) is 12.6 Å². The van der Waals surface area contributed by atoms with Crippen molar-refractivity contribution in [3.8, 4) is 0 Å². The predicted octanol–water partition coefficient (Wildman–Crippen LogP) is 1.25. The number of hydrogen-bond acceptors (Lipinski definition) is 4. The molecule has 1 aromatic rings. The van der Waals surface area contributed by atoms with Gasteiger partial charge in [0.2, 0.25) is 0 Å². The van der Waals surface area contributed by atoms with Crippen LogP contribution in [-0.2, 0) is 6.54 Å². The summed E-state index contributed by atoms with van der Waals surface area (Å²) >= 11 is 0. The summed E-state index contributed by atoms with van der Waals surface area (Å²) in [5, 5.41) is 10.2. The van der Waals surface area contributed by atoms with Gasteiger partial charge >= 0.3 is 5.88 Å². The van der Waals surface area contributed by atoms with Gasteiger partial charge in [-0.2, -0.15) is 0 Å². The Kier molecular flexibility index (Phi) is 2.44. The summed E-state index contributed by atoms with van der Waals surface area (Å²) in [4.78, 5) is 11.5. The third-order valence-electron chi connectivity index (χ3n) is 1.30. The first kappa shape index (κ1) is 8.73. The van der Waals surface area contributed by atoms with E-state index in [2.05, 4.69) is 0 Å². The van der Waals surface area contributed by atoms with Crippen molar-refractivity contribution in [3.05, 3.63) is 28.0 Å². The van der Waals surface area contributed by atoms with Gasteiger partial charge in [0.25, 0.3) is 0 Å². The lowest BCUT2D eigenvalue weighted by molar-refractivity contribution is -0.402. The van der Waals surface area contributed by atoms with Crippen LogP contribution < -0.4 is 0 Å². The van der Waals surface area contributed by atoms with Crippen molar-refractivity contribution in [1.29, 1.82) is 0 Å². The topological polar surface area (TPSA) is 59.5 Å². The highest BCUT2D eigenvalue weighted by Gasteiger charge is 2.11. The van der Waals surface area contributed by atoms with Crippen LogP contribution in [0.5, 0.6) is 0 Å². The lowest BCUT2D eigenvalue weighted by Gasteiger charge is -2.04. The van der Waals surface area contributed by atoms with Gasteiger partial charge in [0, 0.05) is 0 Å². The largest absolute Gasteiger partial charge is 0.433 e. The minimum Gasteiger partial charge on any atom is -0.404 e. The number of furan rings is 1. The Morgan fingerprint density at radius 3 is 2.67 bits per heavy atom. The Morgan fingerprint density at radius 1 is 1.58 bits per heavy atom. The molecule has 5 heteroatoms. The van der Waals surface area contributed by atoms with Crippen LogP contribution >= 0.6 is 0 Å². The first-order valence-corrected chi connectivity index (χ1v) is 3.47. The minimum absolute atomic E-state index is 0.202. The van der Waals surface area contributed by atoms with Crippen molar-refractivity contribution in [3.63, 3.8) is 0 Å². The van der Waals surface area contributed by atoms with Crippen molar-refractivity contribution in [1.82, 2.24) is 4.90 Å². The van der Waals surface area contributed by atoms with Gasteiger partial charge in [-0.05, 0) is 20.2 Å². The van der Waals surface area contributed by atoms with Crippen LogP contribution in [0.25, 0.3) is 0 Å². The molecule has 1 aromatic heterocycles. The van der Waals surface area contributed by atoms with Crippen LogP contribution in [0.4, 0.5) is 5.88 Å². The van der Waals surface area contributed by atoms with Crippen LogP contribution in [0.1, 0.15) is 5.76 Å². The monoisotopic (exact) mass is 170 g/mol. The lowest BCUT2D eigenvalue weighted by Crippen LogP contribution is -2.09. The highest BCUT2D eigenvalue weighted by molar-refractivity contribution is 5.17. The van der Waals surface area contributed by atoms with E-state index in [1.165, 1.54) is 6.07 Å². The SMILES string of the molecule is CN(C)Cc1ccc([N+](=O)[O-])o1. The second kappa shape index (κ2) is 3.36.